The predicted molar refractivity (Wildman–Crippen MR) is 126 cm³/mol. The fourth-order valence-corrected chi connectivity index (χ4v) is 9.19. The fourth-order valence-electron chi connectivity index (χ4n) is 9.19. The van der Waals surface area contributed by atoms with Gasteiger partial charge in [0, 0.05) is 5.41 Å². The van der Waals surface area contributed by atoms with Gasteiger partial charge in [0.15, 0.2) is 0 Å². The van der Waals surface area contributed by atoms with Gasteiger partial charge < -0.3 is 30.6 Å². The first-order valence-electron chi connectivity index (χ1n) is 13.3. The standard InChI is InChI=1S/C27H48O6/c1-23(2,31)11-10-22(30)26(5,32)21-9-13-27(33)18-7-6-16-14-19(28)20(29)15-24(16,3)17(18)8-12-25(21,27)4/h16-22,28-33H,6-15H2,1-5H3/t16?,17-,18+,19+,20-,21-,22+,24-,25+,26+,27+/m0/s1. The van der Waals surface area contributed by atoms with Crippen LogP contribution in [0.1, 0.15) is 98.8 Å². The van der Waals surface area contributed by atoms with Crippen LogP contribution in [0.25, 0.3) is 0 Å². The Bertz CT molecular complexity index is 733. The topological polar surface area (TPSA) is 121 Å². The van der Waals surface area contributed by atoms with Crippen LogP contribution in [0.4, 0.5) is 0 Å². The van der Waals surface area contributed by atoms with Crippen LogP contribution in [0.3, 0.4) is 0 Å². The van der Waals surface area contributed by atoms with Crippen molar-refractivity contribution in [2.24, 2.45) is 34.5 Å². The lowest BCUT2D eigenvalue weighted by molar-refractivity contribution is -0.237. The highest BCUT2D eigenvalue weighted by Crippen LogP contribution is 2.70. The molecule has 0 aliphatic heterocycles. The zero-order chi connectivity index (χ0) is 24.6. The van der Waals surface area contributed by atoms with E-state index in [-0.39, 0.29) is 17.3 Å². The Balaban J connectivity index is 1.58. The second-order valence-corrected chi connectivity index (χ2v) is 13.6. The SMILES string of the molecule is CC(C)(O)CC[C@@H](O)[C@](C)(O)[C@H]1CC[C@@]2(O)[C@@H]3CCC4C[C@@H](O)[C@@H](O)C[C@]4(C)[C@H]3CC[C@]12C. The molecule has 0 bridgehead atoms. The van der Waals surface area contributed by atoms with E-state index in [2.05, 4.69) is 13.8 Å². The van der Waals surface area contributed by atoms with E-state index in [1.54, 1.807) is 20.8 Å². The lowest BCUT2D eigenvalue weighted by Gasteiger charge is -2.64. The summed E-state index contributed by atoms with van der Waals surface area (Å²) in [6.07, 6.45) is 4.51. The molecule has 0 radical (unpaired) electrons. The van der Waals surface area contributed by atoms with E-state index in [9.17, 15) is 30.6 Å². The Labute approximate surface area is 199 Å². The van der Waals surface area contributed by atoms with Gasteiger partial charge in [-0.3, -0.25) is 0 Å². The lowest BCUT2D eigenvalue weighted by atomic mass is 9.42. The van der Waals surface area contributed by atoms with Crippen molar-refractivity contribution in [1.29, 1.82) is 0 Å². The van der Waals surface area contributed by atoms with Gasteiger partial charge in [0.1, 0.15) is 0 Å². The quantitative estimate of drug-likeness (QED) is 0.369. The number of aliphatic hydroxyl groups is 6. The predicted octanol–water partition coefficient (Wildman–Crippen LogP) is 2.75. The minimum absolute atomic E-state index is 0.0918. The van der Waals surface area contributed by atoms with E-state index in [1.807, 2.05) is 0 Å². The molecule has 0 aromatic carbocycles. The molecule has 0 aromatic heterocycles. The summed E-state index contributed by atoms with van der Waals surface area (Å²) in [5.74, 6) is 0.542. The van der Waals surface area contributed by atoms with E-state index in [4.69, 9.17) is 0 Å². The molecular formula is C27H48O6. The van der Waals surface area contributed by atoms with Crippen molar-refractivity contribution < 1.29 is 30.6 Å². The minimum atomic E-state index is -1.34. The summed E-state index contributed by atoms with van der Waals surface area (Å²) in [5, 5.41) is 65.8. The third-order valence-electron chi connectivity index (χ3n) is 11.3. The zero-order valence-electron chi connectivity index (χ0n) is 21.3. The molecule has 4 saturated carbocycles. The molecule has 4 rings (SSSR count). The van der Waals surface area contributed by atoms with E-state index < -0.39 is 40.5 Å². The summed E-state index contributed by atoms with van der Waals surface area (Å²) in [5.41, 5.74) is -3.74. The third kappa shape index (κ3) is 3.92. The van der Waals surface area contributed by atoms with Crippen LogP contribution in [0, 0.1) is 34.5 Å². The third-order valence-corrected chi connectivity index (χ3v) is 11.3. The van der Waals surface area contributed by atoms with Crippen molar-refractivity contribution in [3.8, 4) is 0 Å². The van der Waals surface area contributed by atoms with Gasteiger partial charge in [-0.15, -0.1) is 0 Å². The first kappa shape index (κ1) is 25.8. The average molecular weight is 469 g/mol. The Morgan fingerprint density at radius 1 is 0.909 bits per heavy atom. The number of rotatable bonds is 5. The maximum Gasteiger partial charge on any atom is 0.0911 e. The first-order valence-corrected chi connectivity index (χ1v) is 13.3. The molecule has 1 unspecified atom stereocenters. The normalized spacial score (nSPS) is 50.6. The lowest BCUT2D eigenvalue weighted by Crippen LogP contribution is -2.65. The van der Waals surface area contributed by atoms with Crippen molar-refractivity contribution in [1.82, 2.24) is 0 Å². The first-order chi connectivity index (χ1) is 15.1. The van der Waals surface area contributed by atoms with Gasteiger partial charge in [-0.1, -0.05) is 13.8 Å². The molecule has 4 fully saturated rings. The van der Waals surface area contributed by atoms with Crippen LogP contribution in [0.5, 0.6) is 0 Å². The maximum absolute atomic E-state index is 12.3. The highest BCUT2D eigenvalue weighted by Gasteiger charge is 2.70. The van der Waals surface area contributed by atoms with Crippen LogP contribution < -0.4 is 0 Å². The van der Waals surface area contributed by atoms with Crippen LogP contribution in [0.15, 0.2) is 0 Å². The molecule has 0 spiro atoms. The smallest absolute Gasteiger partial charge is 0.0911 e. The number of hydrogen-bond acceptors (Lipinski definition) is 6. The second kappa shape index (κ2) is 8.14. The number of hydrogen-bond donors (Lipinski definition) is 6. The molecule has 0 aromatic rings. The number of fused-ring (bicyclic) bond motifs is 5. The van der Waals surface area contributed by atoms with Gasteiger partial charge in [-0.2, -0.15) is 0 Å². The Morgan fingerprint density at radius 2 is 1.58 bits per heavy atom. The van der Waals surface area contributed by atoms with Gasteiger partial charge in [-0.25, -0.2) is 0 Å². The Hall–Kier alpha value is -0.240. The summed E-state index contributed by atoms with van der Waals surface area (Å²) >= 11 is 0. The van der Waals surface area contributed by atoms with E-state index in [1.165, 1.54) is 0 Å². The highest BCUT2D eigenvalue weighted by molar-refractivity contribution is 5.19. The van der Waals surface area contributed by atoms with Crippen molar-refractivity contribution in [3.05, 3.63) is 0 Å². The molecular weight excluding hydrogens is 420 g/mol. The molecule has 6 N–H and O–H groups in total. The summed E-state index contributed by atoms with van der Waals surface area (Å²) < 4.78 is 0. The van der Waals surface area contributed by atoms with Crippen LogP contribution in [-0.2, 0) is 0 Å². The zero-order valence-corrected chi connectivity index (χ0v) is 21.3. The molecule has 4 aliphatic carbocycles. The van der Waals surface area contributed by atoms with Crippen LogP contribution in [-0.4, -0.2) is 65.8 Å². The van der Waals surface area contributed by atoms with Crippen molar-refractivity contribution in [2.75, 3.05) is 0 Å². The fraction of sp³-hybridized carbons (Fsp3) is 1.00. The van der Waals surface area contributed by atoms with Gasteiger partial charge in [0.25, 0.3) is 0 Å². The molecule has 4 aliphatic rings. The van der Waals surface area contributed by atoms with Gasteiger partial charge in [0.2, 0.25) is 0 Å². The summed E-state index contributed by atoms with van der Waals surface area (Å²) in [6.45, 7) is 9.52. The average Bonchev–Trinajstić information content (AvgIpc) is 2.98. The van der Waals surface area contributed by atoms with E-state index >= 15 is 0 Å². The summed E-state index contributed by atoms with van der Waals surface area (Å²) in [4.78, 5) is 0. The van der Waals surface area contributed by atoms with Crippen LogP contribution >= 0.6 is 0 Å². The van der Waals surface area contributed by atoms with Gasteiger partial charge in [-0.05, 0) is 114 Å². The molecule has 33 heavy (non-hydrogen) atoms. The van der Waals surface area contributed by atoms with Gasteiger partial charge in [0.05, 0.1) is 35.1 Å². The van der Waals surface area contributed by atoms with Crippen LogP contribution in [0.2, 0.25) is 0 Å². The molecule has 6 nitrogen and oxygen atoms in total. The monoisotopic (exact) mass is 468 g/mol. The maximum atomic E-state index is 12.3. The molecule has 192 valence electrons. The Morgan fingerprint density at radius 3 is 2.21 bits per heavy atom. The molecule has 11 atom stereocenters. The second-order valence-electron chi connectivity index (χ2n) is 13.6. The minimum Gasteiger partial charge on any atom is -0.390 e. The summed E-state index contributed by atoms with van der Waals surface area (Å²) in [6, 6.07) is 0. The van der Waals surface area contributed by atoms with Crippen molar-refractivity contribution in [3.63, 3.8) is 0 Å². The summed E-state index contributed by atoms with van der Waals surface area (Å²) in [7, 11) is 0. The molecule has 6 heteroatoms. The van der Waals surface area contributed by atoms with Crippen molar-refractivity contribution >= 4 is 0 Å². The van der Waals surface area contributed by atoms with Crippen molar-refractivity contribution in [2.45, 2.75) is 134 Å². The largest absolute Gasteiger partial charge is 0.390 e. The Kier molecular flexibility index (Phi) is 6.37. The van der Waals surface area contributed by atoms with E-state index in [0.29, 0.717) is 50.4 Å². The van der Waals surface area contributed by atoms with E-state index in [0.717, 1.165) is 25.7 Å². The highest BCUT2D eigenvalue weighted by atomic mass is 16.3. The molecule has 0 heterocycles. The molecule has 0 saturated heterocycles. The number of aliphatic hydroxyl groups excluding tert-OH is 3. The molecule has 0 amide bonds. The van der Waals surface area contributed by atoms with Gasteiger partial charge >= 0.3 is 0 Å².